The van der Waals surface area contributed by atoms with Crippen LogP contribution in [-0.4, -0.2) is 18.0 Å². The van der Waals surface area contributed by atoms with Gasteiger partial charge in [-0.15, -0.1) is 59.2 Å². The molecule has 0 bridgehead atoms. The fourth-order valence-corrected chi connectivity index (χ4v) is 6.68. The molecule has 0 atom stereocenters. The van der Waals surface area contributed by atoms with Crippen molar-refractivity contribution in [1.29, 1.82) is 0 Å². The maximum absolute atomic E-state index is 8.30. The smallest absolute Gasteiger partial charge is 0.121 e. The zero-order valence-electron chi connectivity index (χ0n) is 30.6. The third-order valence-electron chi connectivity index (χ3n) is 8.70. The molecule has 4 aromatic carbocycles. The quantitative estimate of drug-likeness (QED) is 0.128. The molecule has 0 saturated carbocycles. The Morgan fingerprint density at radius 3 is 2.14 bits per heavy atom. The number of benzene rings is 4. The summed E-state index contributed by atoms with van der Waals surface area (Å²) in [7, 11) is -1.27. The van der Waals surface area contributed by atoms with Gasteiger partial charge in [-0.1, -0.05) is 120 Å². The van der Waals surface area contributed by atoms with Gasteiger partial charge in [0.15, 0.2) is 0 Å². The van der Waals surface area contributed by atoms with Crippen LogP contribution in [0, 0.1) is 12.1 Å². The third-order valence-corrected chi connectivity index (χ3v) is 10.7. The standard InChI is InChI=1S/C26H20NO.C18H24NSi.Ir/c1-17(2)19-12-13-27-24(16-19)21-9-11-26-23(15-21)22-14-20(8-10-25(22)28-26)18-6-4-3-5-7-18;1-18(2,3)15-9-7-8-14(12-15)17-11-10-16(13-19-17)20(4,5)6;/h3-8,10-17H,1-2H3;7,9-13H,1-6H3;/q2*-1;/i17D;;. The molecule has 7 aromatic rings. The van der Waals surface area contributed by atoms with Gasteiger partial charge in [0.2, 0.25) is 0 Å². The maximum atomic E-state index is 8.30. The van der Waals surface area contributed by atoms with Crippen molar-refractivity contribution < 1.29 is 25.9 Å². The Morgan fingerprint density at radius 2 is 1.47 bits per heavy atom. The summed E-state index contributed by atoms with van der Waals surface area (Å²) in [6.07, 6.45) is 3.80. The van der Waals surface area contributed by atoms with E-state index >= 15 is 0 Å². The van der Waals surface area contributed by atoms with Gasteiger partial charge in [-0.25, -0.2) is 0 Å². The summed E-state index contributed by atoms with van der Waals surface area (Å²) >= 11 is 0. The summed E-state index contributed by atoms with van der Waals surface area (Å²) in [4.78, 5) is 9.16. The van der Waals surface area contributed by atoms with Crippen LogP contribution >= 0.6 is 0 Å². The second-order valence-electron chi connectivity index (χ2n) is 14.7. The minimum atomic E-state index is -1.27. The Hall–Kier alpha value is -4.15. The van der Waals surface area contributed by atoms with Crippen LogP contribution in [0.25, 0.3) is 55.6 Å². The van der Waals surface area contributed by atoms with E-state index in [0.29, 0.717) is 0 Å². The van der Waals surface area contributed by atoms with E-state index in [0.717, 1.165) is 55.6 Å². The molecule has 0 N–H and O–H groups in total. The van der Waals surface area contributed by atoms with Crippen molar-refractivity contribution in [3.05, 3.63) is 139 Å². The first-order valence-corrected chi connectivity index (χ1v) is 20.1. The predicted molar refractivity (Wildman–Crippen MR) is 206 cm³/mol. The Balaban J connectivity index is 0.000000204. The molecule has 0 amide bonds. The van der Waals surface area contributed by atoms with E-state index in [9.17, 15) is 0 Å². The fraction of sp³-hybridized carbons (Fsp3) is 0.227. The molecular weight excluding hydrogens is 793 g/mol. The molecule has 3 heterocycles. The van der Waals surface area contributed by atoms with E-state index in [1.807, 2.05) is 68.6 Å². The first-order valence-electron chi connectivity index (χ1n) is 17.1. The summed E-state index contributed by atoms with van der Waals surface area (Å²) in [6, 6.07) is 41.8. The summed E-state index contributed by atoms with van der Waals surface area (Å²) in [5, 5.41) is 3.52. The van der Waals surface area contributed by atoms with Crippen molar-refractivity contribution >= 4 is 35.2 Å². The van der Waals surface area contributed by atoms with Crippen LogP contribution in [0.15, 0.2) is 120 Å². The second-order valence-corrected chi connectivity index (χ2v) is 19.7. The van der Waals surface area contributed by atoms with Crippen LogP contribution in [0.4, 0.5) is 0 Å². The summed E-state index contributed by atoms with van der Waals surface area (Å²) in [6.45, 7) is 17.5. The topological polar surface area (TPSA) is 38.9 Å². The monoisotopic (exact) mass is 838 g/mol. The summed E-state index contributed by atoms with van der Waals surface area (Å²) in [5.41, 5.74) is 10.2. The number of fused-ring (bicyclic) bond motifs is 3. The zero-order valence-corrected chi connectivity index (χ0v) is 33.0. The number of aromatic nitrogens is 2. The molecule has 0 fully saturated rings. The molecule has 0 aliphatic carbocycles. The Kier molecular flexibility index (Phi) is 10.5. The molecule has 49 heavy (non-hydrogen) atoms. The normalized spacial score (nSPS) is 12.2. The van der Waals surface area contributed by atoms with Crippen molar-refractivity contribution in [3.8, 4) is 33.6 Å². The number of pyridine rings is 2. The van der Waals surface area contributed by atoms with Crippen molar-refractivity contribution in [2.75, 3.05) is 0 Å². The Bertz CT molecular complexity index is 2220. The van der Waals surface area contributed by atoms with Gasteiger partial charge in [0.25, 0.3) is 0 Å². The van der Waals surface area contributed by atoms with E-state index in [4.69, 9.17) is 5.79 Å². The van der Waals surface area contributed by atoms with Crippen molar-refractivity contribution in [2.45, 2.75) is 65.6 Å². The van der Waals surface area contributed by atoms with Crippen LogP contribution < -0.4 is 5.19 Å². The molecule has 1 radical (unpaired) electrons. The van der Waals surface area contributed by atoms with Crippen LogP contribution in [0.5, 0.6) is 0 Å². The van der Waals surface area contributed by atoms with E-state index in [-0.39, 0.29) is 25.5 Å². The largest absolute Gasteiger partial charge is 0.500 e. The van der Waals surface area contributed by atoms with Crippen molar-refractivity contribution in [1.82, 2.24) is 9.97 Å². The first kappa shape index (κ1) is 34.7. The number of rotatable bonds is 5. The molecule has 0 aliphatic heterocycles. The van der Waals surface area contributed by atoms with Gasteiger partial charge in [-0.3, -0.25) is 0 Å². The molecule has 0 saturated heterocycles. The van der Waals surface area contributed by atoms with E-state index in [1.165, 1.54) is 16.3 Å². The molecule has 0 spiro atoms. The van der Waals surface area contributed by atoms with Gasteiger partial charge < -0.3 is 14.4 Å². The molecule has 0 unspecified atom stereocenters. The van der Waals surface area contributed by atoms with Gasteiger partial charge in [0, 0.05) is 39.3 Å². The van der Waals surface area contributed by atoms with Gasteiger partial charge in [-0.2, -0.15) is 0 Å². The average molecular weight is 838 g/mol. The van der Waals surface area contributed by atoms with Crippen LogP contribution in [0.1, 0.15) is 53.0 Å². The van der Waals surface area contributed by atoms with Gasteiger partial charge in [0.1, 0.15) is 5.58 Å². The fourth-order valence-electron chi connectivity index (χ4n) is 5.65. The number of hydrogen-bond acceptors (Lipinski definition) is 3. The number of hydrogen-bond donors (Lipinski definition) is 0. The van der Waals surface area contributed by atoms with Crippen molar-refractivity contribution in [3.63, 3.8) is 0 Å². The molecule has 5 heteroatoms. The Labute approximate surface area is 307 Å². The molecule has 0 aliphatic rings. The molecule has 3 nitrogen and oxygen atoms in total. The summed E-state index contributed by atoms with van der Waals surface area (Å²) < 4.78 is 14.3. The SMILES string of the molecule is CC(C)(C)c1cc[c-]c(-c2ccc([Si](C)(C)C)cn2)c1.[2H]C(C)(C)c1ccnc(-c2[c-]cc3oc4ccc(-c5ccccc5)cc4c3c2)c1.[Ir]. The number of furan rings is 1. The third kappa shape index (κ3) is 8.36. The Morgan fingerprint density at radius 1 is 0.735 bits per heavy atom. The van der Waals surface area contributed by atoms with Crippen LogP contribution in [0.2, 0.25) is 19.6 Å². The molecule has 251 valence electrons. The van der Waals surface area contributed by atoms with Crippen LogP contribution in [0.3, 0.4) is 0 Å². The van der Waals surface area contributed by atoms with Crippen molar-refractivity contribution in [2.24, 2.45) is 0 Å². The average Bonchev–Trinajstić information content (AvgIpc) is 3.45. The summed E-state index contributed by atoms with van der Waals surface area (Å²) in [5.74, 6) is -0.672. The number of nitrogens with zero attached hydrogens (tertiary/aromatic N) is 2. The van der Waals surface area contributed by atoms with E-state index in [1.54, 1.807) is 6.20 Å². The molecule has 3 aromatic heterocycles. The molecule has 7 rings (SSSR count). The van der Waals surface area contributed by atoms with Gasteiger partial charge in [0.05, 0.1) is 13.7 Å². The van der Waals surface area contributed by atoms with E-state index in [2.05, 4.69) is 117 Å². The van der Waals surface area contributed by atoms with Gasteiger partial charge in [-0.05, 0) is 57.2 Å². The molecular formula is C44H44IrN2OSi-2. The zero-order chi connectivity index (χ0) is 35.0. The minimum absolute atomic E-state index is 0. The van der Waals surface area contributed by atoms with Crippen LogP contribution in [-0.2, 0) is 25.5 Å². The minimum Gasteiger partial charge on any atom is -0.500 e. The second kappa shape index (κ2) is 14.8. The predicted octanol–water partition coefficient (Wildman–Crippen LogP) is 11.6. The van der Waals surface area contributed by atoms with E-state index < -0.39 is 14.0 Å². The first-order chi connectivity index (χ1) is 23.2. The van der Waals surface area contributed by atoms with Gasteiger partial charge >= 0.3 is 0 Å². The maximum Gasteiger partial charge on any atom is 0.121 e.